The summed E-state index contributed by atoms with van der Waals surface area (Å²) in [6.45, 7) is 4.87. The fraction of sp³-hybridized carbons (Fsp3) is 0.317. The Hall–Kier alpha value is -5.97. The summed E-state index contributed by atoms with van der Waals surface area (Å²) in [5.41, 5.74) is 1.65. The number of ether oxygens (including phenoxy) is 2. The van der Waals surface area contributed by atoms with Crippen LogP contribution in [0.15, 0.2) is 89.9 Å². The monoisotopic (exact) mass is 769 g/mol. The van der Waals surface area contributed by atoms with Gasteiger partial charge in [-0.05, 0) is 74.5 Å². The van der Waals surface area contributed by atoms with E-state index in [1.807, 2.05) is 19.9 Å². The number of pyridine rings is 1. The van der Waals surface area contributed by atoms with Crippen molar-refractivity contribution in [3.8, 4) is 22.9 Å². The zero-order chi connectivity index (χ0) is 40.4. The van der Waals surface area contributed by atoms with Crippen LogP contribution < -0.4 is 15.6 Å². The minimum atomic E-state index is -1.47. The van der Waals surface area contributed by atoms with Crippen molar-refractivity contribution in [2.24, 2.45) is 5.92 Å². The highest BCUT2D eigenvalue weighted by atomic mass is 35.5. The highest BCUT2D eigenvalue weighted by Crippen LogP contribution is 2.33. The third kappa shape index (κ3) is 10.2. The summed E-state index contributed by atoms with van der Waals surface area (Å²) in [6.07, 6.45) is 1.65. The van der Waals surface area contributed by atoms with Crippen LogP contribution in [0.25, 0.3) is 11.1 Å². The first kappa shape index (κ1) is 41.8. The molecule has 1 heterocycles. The molecule has 3 aromatic carbocycles. The summed E-state index contributed by atoms with van der Waals surface area (Å²) in [6, 6.07) is 19.7. The highest BCUT2D eigenvalue weighted by Gasteiger charge is 2.37. The number of aromatic nitrogens is 1. The number of hydrogen-bond donors (Lipinski definition) is 2. The van der Waals surface area contributed by atoms with Crippen molar-refractivity contribution in [2.45, 2.75) is 51.9 Å². The standard InChI is InChI=1S/C41H44ClN5O8/c1-7-33(46-23-35(54-6)32(20-36(46)48)31-19-29(42)16-13-28(31)21-43)38(49)44-30-17-14-27(15-18-30)41(53)55-24-34(40(51)52)47(22-26-11-9-8-10-12-26)39(50)37(25(2)3)45(4)5/h8-20,23,25,33-34,37H,7,22,24H2,1-6H3,(H,44,49)(H,51,52)/t33?,34-,37-/m0/s1. The van der Waals surface area contributed by atoms with Crippen molar-refractivity contribution in [3.63, 3.8) is 0 Å². The lowest BCUT2D eigenvalue weighted by Gasteiger charge is -2.36. The highest BCUT2D eigenvalue weighted by molar-refractivity contribution is 6.31. The summed E-state index contributed by atoms with van der Waals surface area (Å²) >= 11 is 6.17. The van der Waals surface area contributed by atoms with Crippen LogP contribution >= 0.6 is 11.6 Å². The largest absolute Gasteiger partial charge is 0.495 e. The number of likely N-dealkylation sites (N-methyl/N-ethyl adjacent to an activating group) is 1. The first-order valence-corrected chi connectivity index (χ1v) is 17.9. The van der Waals surface area contributed by atoms with Crippen LogP contribution in [-0.2, 0) is 25.7 Å². The van der Waals surface area contributed by atoms with Gasteiger partial charge in [-0.3, -0.25) is 23.9 Å². The Balaban J connectivity index is 1.50. The van der Waals surface area contributed by atoms with Crippen LogP contribution in [0.5, 0.6) is 5.75 Å². The van der Waals surface area contributed by atoms with Crippen molar-refractivity contribution in [1.29, 1.82) is 5.26 Å². The number of rotatable bonds is 16. The fourth-order valence-electron chi connectivity index (χ4n) is 6.33. The average molecular weight is 770 g/mol. The lowest BCUT2D eigenvalue weighted by Crippen LogP contribution is -2.55. The molecule has 0 saturated heterocycles. The molecule has 0 bridgehead atoms. The van der Waals surface area contributed by atoms with Crippen molar-refractivity contribution in [3.05, 3.63) is 117 Å². The van der Waals surface area contributed by atoms with Gasteiger partial charge < -0.3 is 24.8 Å². The Morgan fingerprint density at radius 2 is 1.65 bits per heavy atom. The number of anilines is 1. The molecular formula is C41H44ClN5O8. The number of nitrogens with zero attached hydrogens (tertiary/aromatic N) is 4. The normalized spacial score (nSPS) is 12.7. The van der Waals surface area contributed by atoms with Gasteiger partial charge >= 0.3 is 11.9 Å². The third-order valence-electron chi connectivity index (χ3n) is 9.02. The number of esters is 1. The van der Waals surface area contributed by atoms with Gasteiger partial charge in [0.15, 0.2) is 6.04 Å². The molecule has 3 atom stereocenters. The molecule has 1 unspecified atom stereocenters. The molecule has 4 rings (SSSR count). The number of halogens is 1. The first-order chi connectivity index (χ1) is 26.2. The molecule has 0 fully saturated rings. The predicted molar refractivity (Wildman–Crippen MR) is 208 cm³/mol. The van der Waals surface area contributed by atoms with Crippen molar-refractivity contribution in [2.75, 3.05) is 33.1 Å². The van der Waals surface area contributed by atoms with Gasteiger partial charge in [0, 0.05) is 34.4 Å². The van der Waals surface area contributed by atoms with Crippen LogP contribution in [-0.4, -0.2) is 83.1 Å². The number of hydrogen-bond acceptors (Lipinski definition) is 9. The molecule has 14 heteroatoms. The van der Waals surface area contributed by atoms with E-state index in [0.29, 0.717) is 33.0 Å². The molecule has 0 saturated carbocycles. The molecule has 0 radical (unpaired) electrons. The second-order valence-electron chi connectivity index (χ2n) is 13.4. The minimum Gasteiger partial charge on any atom is -0.495 e. The van der Waals surface area contributed by atoms with E-state index in [2.05, 4.69) is 11.4 Å². The fourth-order valence-corrected chi connectivity index (χ4v) is 6.50. The lowest BCUT2D eigenvalue weighted by molar-refractivity contribution is -0.155. The zero-order valence-corrected chi connectivity index (χ0v) is 32.2. The number of benzene rings is 3. The molecule has 4 aromatic rings. The van der Waals surface area contributed by atoms with E-state index in [0.717, 1.165) is 0 Å². The second kappa shape index (κ2) is 18.9. The molecule has 0 spiro atoms. The Morgan fingerprint density at radius 1 is 0.982 bits per heavy atom. The van der Waals surface area contributed by atoms with Crippen LogP contribution in [0.3, 0.4) is 0 Å². The van der Waals surface area contributed by atoms with Crippen molar-refractivity contribution in [1.82, 2.24) is 14.4 Å². The number of aliphatic carboxylic acids is 1. The Kier molecular flexibility index (Phi) is 14.3. The van der Waals surface area contributed by atoms with E-state index < -0.39 is 54.0 Å². The van der Waals surface area contributed by atoms with E-state index in [1.54, 1.807) is 68.4 Å². The van der Waals surface area contributed by atoms with E-state index in [9.17, 15) is 34.3 Å². The average Bonchev–Trinajstić information content (AvgIpc) is 3.15. The number of nitriles is 1. The van der Waals surface area contributed by atoms with E-state index in [4.69, 9.17) is 21.1 Å². The summed E-state index contributed by atoms with van der Waals surface area (Å²) in [5.74, 6) is -2.96. The van der Waals surface area contributed by atoms with Crippen molar-refractivity contribution < 1.29 is 33.8 Å². The second-order valence-corrected chi connectivity index (χ2v) is 13.8. The third-order valence-corrected chi connectivity index (χ3v) is 9.26. The molecule has 1 aromatic heterocycles. The lowest BCUT2D eigenvalue weighted by atomic mass is 10.00. The van der Waals surface area contributed by atoms with Crippen LogP contribution in [0.2, 0.25) is 5.02 Å². The number of carboxylic acids is 1. The summed E-state index contributed by atoms with van der Waals surface area (Å²) in [7, 11) is 4.91. The minimum absolute atomic E-state index is 0.00846. The quantitative estimate of drug-likeness (QED) is 0.132. The Labute approximate surface area is 324 Å². The van der Waals surface area contributed by atoms with Gasteiger partial charge in [0.05, 0.1) is 36.5 Å². The predicted octanol–water partition coefficient (Wildman–Crippen LogP) is 5.86. The molecule has 288 valence electrons. The first-order valence-electron chi connectivity index (χ1n) is 17.5. The summed E-state index contributed by atoms with van der Waals surface area (Å²) in [5, 5.41) is 23.0. The maximum atomic E-state index is 13.8. The van der Waals surface area contributed by atoms with Gasteiger partial charge in [0.2, 0.25) is 11.8 Å². The molecule has 55 heavy (non-hydrogen) atoms. The van der Waals surface area contributed by atoms with Crippen LogP contribution in [0.4, 0.5) is 5.69 Å². The zero-order valence-electron chi connectivity index (χ0n) is 31.5. The summed E-state index contributed by atoms with van der Waals surface area (Å²) < 4.78 is 12.3. The Bertz CT molecular complexity index is 2100. The molecular weight excluding hydrogens is 726 g/mol. The van der Waals surface area contributed by atoms with Gasteiger partial charge in [-0.15, -0.1) is 0 Å². The summed E-state index contributed by atoms with van der Waals surface area (Å²) in [4.78, 5) is 69.4. The maximum Gasteiger partial charge on any atom is 0.338 e. The van der Waals surface area contributed by atoms with Gasteiger partial charge in [-0.2, -0.15) is 5.26 Å². The molecule has 0 aliphatic heterocycles. The van der Waals surface area contributed by atoms with Crippen LogP contribution in [0.1, 0.15) is 54.7 Å². The molecule has 0 aliphatic carbocycles. The smallest absolute Gasteiger partial charge is 0.338 e. The van der Waals surface area contributed by atoms with E-state index >= 15 is 0 Å². The topological polar surface area (TPSA) is 171 Å². The van der Waals surface area contributed by atoms with Crippen LogP contribution in [0, 0.1) is 17.2 Å². The number of nitrogens with one attached hydrogen (secondary N) is 1. The molecule has 2 N–H and O–H groups in total. The van der Waals surface area contributed by atoms with Gasteiger partial charge in [-0.1, -0.05) is 62.7 Å². The van der Waals surface area contributed by atoms with Crippen molar-refractivity contribution >= 4 is 41.0 Å². The van der Waals surface area contributed by atoms with E-state index in [-0.39, 0.29) is 30.2 Å². The van der Waals surface area contributed by atoms with Gasteiger partial charge in [0.1, 0.15) is 18.4 Å². The number of methoxy groups -OCH3 is 1. The van der Waals surface area contributed by atoms with E-state index in [1.165, 1.54) is 53.1 Å². The SMILES string of the molecule is CCC(C(=O)Nc1ccc(C(=O)OC[C@@H](C(=O)O)N(Cc2ccccc2)C(=O)[C@H](C(C)C)N(C)C)cc1)n1cc(OC)c(-c2cc(Cl)ccc2C#N)cc1=O. The molecule has 2 amide bonds. The Morgan fingerprint density at radius 3 is 2.22 bits per heavy atom. The number of amides is 2. The maximum absolute atomic E-state index is 13.8. The van der Waals surface area contributed by atoms with Gasteiger partial charge in [-0.25, -0.2) is 9.59 Å². The molecule has 13 nitrogen and oxygen atoms in total. The molecule has 0 aliphatic rings. The van der Waals surface area contributed by atoms with Gasteiger partial charge in [0.25, 0.3) is 5.56 Å². The number of carboxylic acid groups (broad SMARTS) is 1. The number of carbonyl (C=O) groups excluding carboxylic acids is 3. The number of carbonyl (C=O) groups is 4.